The molecule has 6 heteroatoms. The first-order valence-corrected chi connectivity index (χ1v) is 7.63. The highest BCUT2D eigenvalue weighted by Gasteiger charge is 2.34. The number of rotatable bonds is 4. The van der Waals surface area contributed by atoms with Crippen molar-refractivity contribution >= 4 is 10.0 Å². The Balaban J connectivity index is 2.37. The largest absolute Gasteiger partial charge is 0.263 e. The Morgan fingerprint density at radius 1 is 1.44 bits per heavy atom. The van der Waals surface area contributed by atoms with Crippen molar-refractivity contribution in [2.45, 2.75) is 43.7 Å². The Morgan fingerprint density at radius 2 is 2.11 bits per heavy atom. The van der Waals surface area contributed by atoms with Gasteiger partial charge in [-0.2, -0.15) is 4.31 Å². The van der Waals surface area contributed by atoms with Gasteiger partial charge in [-0.15, -0.1) is 0 Å². The van der Waals surface area contributed by atoms with Gasteiger partial charge >= 0.3 is 0 Å². The highest BCUT2D eigenvalue weighted by atomic mass is 32.2. The number of halogens is 1. The minimum absolute atomic E-state index is 0.0126. The Hall–Kier alpha value is -1.01. The van der Waals surface area contributed by atoms with E-state index in [0.29, 0.717) is 6.54 Å². The summed E-state index contributed by atoms with van der Waals surface area (Å²) in [6.07, 6.45) is 5.06. The van der Waals surface area contributed by atoms with Gasteiger partial charge in [0.05, 0.1) is 0 Å². The molecule has 0 aliphatic heterocycles. The van der Waals surface area contributed by atoms with Crippen LogP contribution >= 0.6 is 0 Å². The molecule has 2 rings (SSSR count). The molecule has 18 heavy (non-hydrogen) atoms. The molecule has 1 saturated carbocycles. The van der Waals surface area contributed by atoms with E-state index in [0.717, 1.165) is 31.7 Å². The second-order valence-corrected chi connectivity index (χ2v) is 6.24. The van der Waals surface area contributed by atoms with Crippen LogP contribution in [0.5, 0.6) is 0 Å². The van der Waals surface area contributed by atoms with E-state index in [2.05, 4.69) is 4.98 Å². The summed E-state index contributed by atoms with van der Waals surface area (Å²) in [6, 6.07) is 2.50. The molecule has 1 heterocycles. The summed E-state index contributed by atoms with van der Waals surface area (Å²) in [7, 11) is -3.82. The molecular weight excluding hydrogens is 255 g/mol. The zero-order valence-electron chi connectivity index (χ0n) is 10.3. The molecule has 4 nitrogen and oxygen atoms in total. The summed E-state index contributed by atoms with van der Waals surface area (Å²) >= 11 is 0. The topological polar surface area (TPSA) is 50.3 Å². The maximum atomic E-state index is 13.6. The summed E-state index contributed by atoms with van der Waals surface area (Å²) in [5, 5.41) is -0.459. The van der Waals surface area contributed by atoms with E-state index < -0.39 is 20.9 Å². The first kappa shape index (κ1) is 13.4. The number of nitrogens with zero attached hydrogens (tertiary/aromatic N) is 2. The van der Waals surface area contributed by atoms with Crippen molar-refractivity contribution in [3.8, 4) is 0 Å². The van der Waals surface area contributed by atoms with E-state index in [1.54, 1.807) is 6.92 Å². The Bertz CT molecular complexity index is 513. The predicted octanol–water partition coefficient (Wildman–Crippen LogP) is 2.17. The van der Waals surface area contributed by atoms with Crippen molar-refractivity contribution in [3.05, 3.63) is 24.1 Å². The van der Waals surface area contributed by atoms with Gasteiger partial charge in [0.1, 0.15) is 0 Å². The van der Waals surface area contributed by atoms with Crippen molar-refractivity contribution < 1.29 is 12.8 Å². The van der Waals surface area contributed by atoms with Gasteiger partial charge in [-0.1, -0.05) is 19.8 Å². The summed E-state index contributed by atoms with van der Waals surface area (Å²) in [4.78, 5) is 3.69. The molecule has 1 aliphatic rings. The normalized spacial score (nSPS) is 17.5. The lowest BCUT2D eigenvalue weighted by molar-refractivity contribution is 0.332. The fourth-order valence-corrected chi connectivity index (χ4v) is 4.16. The van der Waals surface area contributed by atoms with Gasteiger partial charge in [0, 0.05) is 18.8 Å². The second-order valence-electron chi connectivity index (χ2n) is 4.44. The molecule has 0 spiro atoms. The van der Waals surface area contributed by atoms with Crippen LogP contribution in [0.15, 0.2) is 23.4 Å². The summed E-state index contributed by atoms with van der Waals surface area (Å²) < 4.78 is 39.8. The van der Waals surface area contributed by atoms with Crippen LogP contribution in [-0.2, 0) is 10.0 Å². The van der Waals surface area contributed by atoms with Crippen molar-refractivity contribution in [1.82, 2.24) is 9.29 Å². The molecule has 0 amide bonds. The fourth-order valence-electron chi connectivity index (χ4n) is 2.49. The van der Waals surface area contributed by atoms with Crippen LogP contribution in [0.1, 0.15) is 32.6 Å². The van der Waals surface area contributed by atoms with Crippen LogP contribution in [-0.4, -0.2) is 30.3 Å². The maximum absolute atomic E-state index is 13.6. The van der Waals surface area contributed by atoms with Crippen molar-refractivity contribution in [2.75, 3.05) is 6.54 Å². The highest BCUT2D eigenvalue weighted by Crippen LogP contribution is 2.28. The molecule has 0 N–H and O–H groups in total. The van der Waals surface area contributed by atoms with Crippen LogP contribution in [0.4, 0.5) is 4.39 Å². The lowest BCUT2D eigenvalue weighted by Gasteiger charge is -2.26. The molecule has 0 unspecified atom stereocenters. The van der Waals surface area contributed by atoms with Crippen LogP contribution in [0.3, 0.4) is 0 Å². The van der Waals surface area contributed by atoms with E-state index in [9.17, 15) is 12.8 Å². The Kier molecular flexibility index (Phi) is 3.97. The van der Waals surface area contributed by atoms with E-state index in [1.165, 1.54) is 16.6 Å². The average molecular weight is 272 g/mol. The first-order valence-electron chi connectivity index (χ1n) is 6.19. The maximum Gasteiger partial charge on any atom is 0.263 e. The quantitative estimate of drug-likeness (QED) is 0.844. The van der Waals surface area contributed by atoms with E-state index in [1.807, 2.05) is 0 Å². The van der Waals surface area contributed by atoms with Crippen LogP contribution in [0, 0.1) is 5.82 Å². The summed E-state index contributed by atoms with van der Waals surface area (Å²) in [6.45, 7) is 2.12. The van der Waals surface area contributed by atoms with Gasteiger partial charge in [-0.3, -0.25) is 0 Å². The lowest BCUT2D eigenvalue weighted by Crippen LogP contribution is -2.39. The van der Waals surface area contributed by atoms with Gasteiger partial charge in [0.2, 0.25) is 5.03 Å². The molecular formula is C12H17FN2O2S. The number of hydrogen-bond donors (Lipinski definition) is 0. The number of hydrogen-bond acceptors (Lipinski definition) is 3. The molecule has 0 saturated heterocycles. The summed E-state index contributed by atoms with van der Waals surface area (Å²) in [5.41, 5.74) is 0. The van der Waals surface area contributed by atoms with Gasteiger partial charge in [0.25, 0.3) is 10.0 Å². The molecule has 1 aliphatic carbocycles. The van der Waals surface area contributed by atoms with E-state index in [-0.39, 0.29) is 6.04 Å². The summed E-state index contributed by atoms with van der Waals surface area (Å²) in [5.74, 6) is -0.783. The minimum atomic E-state index is -3.82. The molecule has 0 aromatic carbocycles. The molecule has 100 valence electrons. The zero-order chi connectivity index (χ0) is 13.2. The molecule has 0 atom stereocenters. The average Bonchev–Trinajstić information content (AvgIpc) is 2.83. The number of sulfonamides is 1. The van der Waals surface area contributed by atoms with Gasteiger partial charge in [-0.25, -0.2) is 17.8 Å². The number of aromatic nitrogens is 1. The molecule has 1 aromatic rings. The SMILES string of the molecule is CCN(C1CCCC1)S(=O)(=O)c1ncccc1F. The smallest absolute Gasteiger partial charge is 0.241 e. The Labute approximate surface area is 107 Å². The minimum Gasteiger partial charge on any atom is -0.241 e. The molecule has 0 radical (unpaired) electrons. The van der Waals surface area contributed by atoms with Gasteiger partial charge < -0.3 is 0 Å². The lowest BCUT2D eigenvalue weighted by atomic mass is 10.2. The standard InChI is InChI=1S/C12H17FN2O2S/c1-2-15(10-6-3-4-7-10)18(16,17)12-11(13)8-5-9-14-12/h5,8-10H,2-4,6-7H2,1H3. The molecule has 0 bridgehead atoms. The third-order valence-electron chi connectivity index (χ3n) is 3.32. The molecule has 1 fully saturated rings. The van der Waals surface area contributed by atoms with Crippen molar-refractivity contribution in [2.24, 2.45) is 0 Å². The second kappa shape index (κ2) is 5.32. The monoisotopic (exact) mass is 272 g/mol. The van der Waals surface area contributed by atoms with Crippen molar-refractivity contribution in [3.63, 3.8) is 0 Å². The Morgan fingerprint density at radius 3 is 2.67 bits per heavy atom. The third-order valence-corrected chi connectivity index (χ3v) is 5.28. The fraction of sp³-hybridized carbons (Fsp3) is 0.583. The zero-order valence-corrected chi connectivity index (χ0v) is 11.2. The van der Waals surface area contributed by atoms with Crippen LogP contribution in [0.2, 0.25) is 0 Å². The van der Waals surface area contributed by atoms with Crippen molar-refractivity contribution in [1.29, 1.82) is 0 Å². The highest BCUT2D eigenvalue weighted by molar-refractivity contribution is 7.89. The van der Waals surface area contributed by atoms with Crippen LogP contribution < -0.4 is 0 Å². The third kappa shape index (κ3) is 2.40. The van der Waals surface area contributed by atoms with E-state index >= 15 is 0 Å². The van der Waals surface area contributed by atoms with E-state index in [4.69, 9.17) is 0 Å². The molecule has 1 aromatic heterocycles. The predicted molar refractivity (Wildman–Crippen MR) is 66.0 cm³/mol. The van der Waals surface area contributed by atoms with Crippen LogP contribution in [0.25, 0.3) is 0 Å². The van der Waals surface area contributed by atoms with Gasteiger partial charge in [-0.05, 0) is 25.0 Å². The van der Waals surface area contributed by atoms with Gasteiger partial charge in [0.15, 0.2) is 5.82 Å². The number of pyridine rings is 1. The first-order chi connectivity index (χ1) is 8.57.